The van der Waals surface area contributed by atoms with Gasteiger partial charge >= 0.3 is 0 Å². The van der Waals surface area contributed by atoms with Gasteiger partial charge in [0.05, 0.1) is 24.0 Å². The first-order chi connectivity index (χ1) is 21.1. The van der Waals surface area contributed by atoms with Crippen molar-refractivity contribution in [1.82, 2.24) is 29.9 Å². The largest absolute Gasteiger partial charge is 0.474 e. The van der Waals surface area contributed by atoms with Crippen molar-refractivity contribution in [1.29, 1.82) is 5.26 Å². The topological polar surface area (TPSA) is 130 Å². The van der Waals surface area contributed by atoms with Gasteiger partial charge in [-0.2, -0.15) is 20.2 Å². The summed E-state index contributed by atoms with van der Waals surface area (Å²) < 4.78 is 32.4. The van der Waals surface area contributed by atoms with Crippen molar-refractivity contribution in [3.63, 3.8) is 0 Å². The second kappa shape index (κ2) is 13.1. The molecule has 2 aliphatic rings. The second-order valence-corrected chi connectivity index (χ2v) is 12.0. The summed E-state index contributed by atoms with van der Waals surface area (Å²) in [5.74, 6) is 0.969. The molecule has 1 amide bonds. The van der Waals surface area contributed by atoms with E-state index >= 15 is 0 Å². The minimum absolute atomic E-state index is 0.130. The van der Waals surface area contributed by atoms with Gasteiger partial charge in [-0.1, -0.05) is 42.1 Å². The van der Waals surface area contributed by atoms with Gasteiger partial charge in [0.25, 0.3) is 0 Å². The number of likely N-dealkylation sites (tertiary alicyclic amines) is 2. The van der Waals surface area contributed by atoms with Crippen molar-refractivity contribution >= 4 is 5.91 Å². The average molecular weight is 604 g/mol. The molecule has 2 fully saturated rings. The van der Waals surface area contributed by atoms with E-state index in [1.807, 2.05) is 63.1 Å². The van der Waals surface area contributed by atoms with Crippen LogP contribution in [0.25, 0.3) is 11.6 Å². The van der Waals surface area contributed by atoms with Crippen LogP contribution in [0.4, 0.5) is 4.39 Å². The number of aromatic nitrogens is 4. The molecule has 1 aromatic carbocycles. The molecule has 0 bridgehead atoms. The highest BCUT2D eigenvalue weighted by atomic mass is 19.1. The highest BCUT2D eigenvalue weighted by Gasteiger charge is 2.36. The number of carbonyl (C=O) groups is 1. The fourth-order valence-corrected chi connectivity index (χ4v) is 5.95. The first kappa shape index (κ1) is 31.1. The van der Waals surface area contributed by atoms with Gasteiger partial charge < -0.3 is 18.9 Å². The van der Waals surface area contributed by atoms with Crippen molar-refractivity contribution in [3.8, 4) is 29.5 Å². The molecule has 44 heavy (non-hydrogen) atoms. The molecule has 2 aromatic heterocycles. The van der Waals surface area contributed by atoms with Crippen molar-refractivity contribution in [3.05, 3.63) is 60.5 Å². The minimum atomic E-state index is -0.915. The number of likely N-dealkylation sites (N-methyl/N-ethyl adjacent to an activating group) is 1. The molecule has 232 valence electrons. The number of rotatable bonds is 10. The molecule has 0 N–H and O–H groups in total. The molecule has 0 unspecified atom stereocenters. The van der Waals surface area contributed by atoms with Gasteiger partial charge in [0, 0.05) is 38.0 Å². The molecule has 0 radical (unpaired) electrons. The standard InChI is InChI=1S/C32H38FN7O4/c1-6-28(41)40-15-13-24(17-23(40)12-14-34)43-27-18-26(42-20(2)25-16-22(33)19-39(25)5)35-29(36-27)30-37-31(44-38-30)32(3,4)21-10-8-7-9-11-21/h6-11,18,20,22-25H,1,12-13,15-17,19H2,2-5H3/t20-,22+,23+,24-,25-/m0/s1. The van der Waals surface area contributed by atoms with Gasteiger partial charge in [0.2, 0.25) is 35.2 Å². The number of piperidine rings is 1. The van der Waals surface area contributed by atoms with Gasteiger partial charge in [-0.3, -0.25) is 9.69 Å². The van der Waals surface area contributed by atoms with E-state index in [4.69, 9.17) is 14.0 Å². The highest BCUT2D eigenvalue weighted by molar-refractivity contribution is 5.87. The van der Waals surface area contributed by atoms with E-state index in [1.165, 1.54) is 6.08 Å². The molecule has 2 saturated heterocycles. The van der Waals surface area contributed by atoms with Crippen LogP contribution in [0.15, 0.2) is 53.6 Å². The lowest BCUT2D eigenvalue weighted by atomic mass is 9.84. The van der Waals surface area contributed by atoms with Crippen molar-refractivity contribution in [2.45, 2.75) is 82.3 Å². The van der Waals surface area contributed by atoms with E-state index in [9.17, 15) is 14.4 Å². The lowest BCUT2D eigenvalue weighted by Gasteiger charge is -2.37. The van der Waals surface area contributed by atoms with Crippen LogP contribution < -0.4 is 9.47 Å². The summed E-state index contributed by atoms with van der Waals surface area (Å²) >= 11 is 0. The summed E-state index contributed by atoms with van der Waals surface area (Å²) in [4.78, 5) is 29.8. The summed E-state index contributed by atoms with van der Waals surface area (Å²) in [6.07, 6.45) is 1.18. The van der Waals surface area contributed by atoms with E-state index in [2.05, 4.69) is 32.8 Å². The lowest BCUT2D eigenvalue weighted by molar-refractivity contribution is -0.130. The molecular weight excluding hydrogens is 565 g/mol. The van der Waals surface area contributed by atoms with Crippen LogP contribution in [0.5, 0.6) is 11.8 Å². The van der Waals surface area contributed by atoms with E-state index in [0.29, 0.717) is 38.2 Å². The molecule has 3 aromatic rings. The van der Waals surface area contributed by atoms with E-state index in [0.717, 1.165) is 5.56 Å². The van der Waals surface area contributed by atoms with Crippen LogP contribution in [0, 0.1) is 11.3 Å². The van der Waals surface area contributed by atoms with E-state index in [1.54, 1.807) is 11.0 Å². The molecule has 5 atom stereocenters. The predicted octanol–water partition coefficient (Wildman–Crippen LogP) is 4.50. The maximum Gasteiger partial charge on any atom is 0.246 e. The molecular formula is C32H38FN7O4. The number of halogens is 1. The molecule has 5 rings (SSSR count). The summed E-state index contributed by atoms with van der Waals surface area (Å²) in [6.45, 7) is 10.2. The summed E-state index contributed by atoms with van der Waals surface area (Å²) in [5.41, 5.74) is 0.433. The van der Waals surface area contributed by atoms with Gasteiger partial charge in [0.15, 0.2) is 0 Å². The third-order valence-electron chi connectivity index (χ3n) is 8.47. The van der Waals surface area contributed by atoms with Crippen molar-refractivity contribution in [2.75, 3.05) is 20.1 Å². The number of benzene rings is 1. The molecule has 11 nitrogen and oxygen atoms in total. The van der Waals surface area contributed by atoms with Crippen LogP contribution >= 0.6 is 0 Å². The van der Waals surface area contributed by atoms with Gasteiger partial charge in [0.1, 0.15) is 18.4 Å². The number of carbonyl (C=O) groups excluding carboxylic acids is 1. The fraction of sp³-hybridized carbons (Fsp3) is 0.500. The number of amides is 1. The molecule has 0 aliphatic carbocycles. The maximum absolute atomic E-state index is 14.1. The third-order valence-corrected chi connectivity index (χ3v) is 8.47. The zero-order chi connectivity index (χ0) is 31.4. The summed E-state index contributed by atoms with van der Waals surface area (Å²) in [7, 11) is 1.88. The molecule has 0 saturated carbocycles. The zero-order valence-corrected chi connectivity index (χ0v) is 25.5. The second-order valence-electron chi connectivity index (χ2n) is 12.0. The minimum Gasteiger partial charge on any atom is -0.474 e. The first-order valence-corrected chi connectivity index (χ1v) is 14.9. The highest BCUT2D eigenvalue weighted by Crippen LogP contribution is 2.33. The van der Waals surface area contributed by atoms with Crippen LogP contribution in [-0.2, 0) is 10.2 Å². The molecule has 2 aliphatic heterocycles. The van der Waals surface area contributed by atoms with Crippen LogP contribution in [0.3, 0.4) is 0 Å². The van der Waals surface area contributed by atoms with Gasteiger partial charge in [-0.25, -0.2) is 4.39 Å². The number of hydrogen-bond acceptors (Lipinski definition) is 10. The number of nitrogens with zero attached hydrogens (tertiary/aromatic N) is 7. The van der Waals surface area contributed by atoms with Crippen LogP contribution in [0.2, 0.25) is 0 Å². The lowest BCUT2D eigenvalue weighted by Crippen LogP contribution is -2.48. The summed E-state index contributed by atoms with van der Waals surface area (Å²) in [5, 5.41) is 13.6. The molecule has 12 heteroatoms. The Bertz CT molecular complexity index is 1510. The molecule has 4 heterocycles. The Hall–Kier alpha value is -4.37. The normalized spacial score (nSPS) is 23.1. The number of nitriles is 1. The Morgan fingerprint density at radius 3 is 2.66 bits per heavy atom. The zero-order valence-electron chi connectivity index (χ0n) is 25.5. The monoisotopic (exact) mass is 603 g/mol. The summed E-state index contributed by atoms with van der Waals surface area (Å²) in [6, 6.07) is 13.2. The Morgan fingerprint density at radius 1 is 1.23 bits per heavy atom. The van der Waals surface area contributed by atoms with Gasteiger partial charge in [-0.15, -0.1) is 0 Å². The quantitative estimate of drug-likeness (QED) is 0.305. The Labute approximate surface area is 256 Å². The maximum atomic E-state index is 14.1. The van der Waals surface area contributed by atoms with Crippen LogP contribution in [-0.4, -0.2) is 86.4 Å². The first-order valence-electron chi connectivity index (χ1n) is 14.9. The fourth-order valence-electron chi connectivity index (χ4n) is 5.95. The van der Waals surface area contributed by atoms with Crippen molar-refractivity contribution < 1.29 is 23.2 Å². The number of alkyl halides is 1. The van der Waals surface area contributed by atoms with E-state index < -0.39 is 11.6 Å². The van der Waals surface area contributed by atoms with Gasteiger partial charge in [-0.05, 0) is 45.9 Å². The third kappa shape index (κ3) is 6.73. The predicted molar refractivity (Wildman–Crippen MR) is 159 cm³/mol. The van der Waals surface area contributed by atoms with E-state index in [-0.39, 0.29) is 60.0 Å². The SMILES string of the molecule is C=CC(=O)N1CC[C@H](Oc2cc(O[C@@H](C)[C@@H]3C[C@@H](F)CN3C)nc(-c3noc(C(C)(C)c4ccccc4)n3)n2)C[C@H]1CC#N. The molecule has 0 spiro atoms. The Kier molecular flexibility index (Phi) is 9.25. The van der Waals surface area contributed by atoms with Crippen molar-refractivity contribution in [2.24, 2.45) is 0 Å². The average Bonchev–Trinajstić information content (AvgIpc) is 3.64. The number of hydrogen-bond donors (Lipinski definition) is 0. The number of ether oxygens (including phenoxy) is 2. The smallest absolute Gasteiger partial charge is 0.246 e. The Morgan fingerprint density at radius 2 is 1.98 bits per heavy atom. The Balaban J connectivity index is 1.43. The van der Waals surface area contributed by atoms with Crippen LogP contribution in [0.1, 0.15) is 57.9 Å².